The topological polar surface area (TPSA) is 59.1 Å². The lowest BCUT2D eigenvalue weighted by molar-refractivity contribution is -0.145. The summed E-state index contributed by atoms with van der Waals surface area (Å²) in [5, 5.41) is 1.06. The van der Waals surface area contributed by atoms with Gasteiger partial charge >= 0.3 is 0 Å². The molecule has 0 radical (unpaired) electrons. The van der Waals surface area contributed by atoms with Gasteiger partial charge in [0.1, 0.15) is 5.75 Å². The Balaban J connectivity index is 0.000000237. The number of ether oxygens (including phenoxy) is 2. The van der Waals surface area contributed by atoms with Gasteiger partial charge < -0.3 is 19.3 Å². The van der Waals surface area contributed by atoms with Crippen LogP contribution in [0.1, 0.15) is 32.1 Å². The lowest BCUT2D eigenvalue weighted by atomic mass is 10.1. The first-order valence-electron chi connectivity index (χ1n) is 9.54. The maximum Gasteiger partial charge on any atom is 0.253 e. The van der Waals surface area contributed by atoms with Crippen molar-refractivity contribution in [3.8, 4) is 5.75 Å². The van der Waals surface area contributed by atoms with Gasteiger partial charge in [0.05, 0.1) is 23.7 Å². The maximum atomic E-state index is 12.3. The van der Waals surface area contributed by atoms with Crippen molar-refractivity contribution >= 4 is 35.0 Å². The van der Waals surface area contributed by atoms with Crippen LogP contribution in [0.5, 0.6) is 5.75 Å². The number of benzene rings is 1. The van der Waals surface area contributed by atoms with Crippen LogP contribution in [-0.2, 0) is 14.3 Å². The minimum Gasteiger partial charge on any atom is -0.497 e. The Kier molecular flexibility index (Phi) is 9.35. The second kappa shape index (κ2) is 11.5. The van der Waals surface area contributed by atoms with Crippen LogP contribution < -0.4 is 4.74 Å². The van der Waals surface area contributed by atoms with Crippen LogP contribution >= 0.6 is 23.2 Å². The number of halogens is 2. The second-order valence-electron chi connectivity index (χ2n) is 6.83. The molecule has 8 heteroatoms. The van der Waals surface area contributed by atoms with Crippen molar-refractivity contribution in [1.82, 2.24) is 9.80 Å². The summed E-state index contributed by atoms with van der Waals surface area (Å²) >= 11 is 11.3. The largest absolute Gasteiger partial charge is 0.497 e. The number of amides is 2. The van der Waals surface area contributed by atoms with E-state index in [0.717, 1.165) is 44.6 Å². The number of methoxy groups -OCH3 is 2. The minimum atomic E-state index is -0.495. The van der Waals surface area contributed by atoms with Crippen molar-refractivity contribution in [2.75, 3.05) is 40.4 Å². The van der Waals surface area contributed by atoms with Gasteiger partial charge in [-0.25, -0.2) is 0 Å². The normalized spacial score (nSPS) is 17.8. The lowest BCUT2D eigenvalue weighted by Crippen LogP contribution is -2.47. The minimum absolute atomic E-state index is 0.0388. The van der Waals surface area contributed by atoms with Crippen LogP contribution in [0, 0.1) is 0 Å². The van der Waals surface area contributed by atoms with Gasteiger partial charge in [-0.05, 0) is 37.8 Å². The van der Waals surface area contributed by atoms with Gasteiger partial charge in [0.25, 0.3) is 5.91 Å². The number of carbonyl (C=O) groups excluding carboxylic acids is 2. The first kappa shape index (κ1) is 22.8. The Morgan fingerprint density at radius 3 is 2.32 bits per heavy atom. The molecule has 0 aliphatic carbocycles. The summed E-state index contributed by atoms with van der Waals surface area (Å²) in [5.74, 6) is 0.898. The first-order chi connectivity index (χ1) is 13.5. The standard InChI is InChI=1S/C13H22N2O3.C7H6Cl2O/c1-18-11(10-15-9-5-6-12(15)16)13(17)14-7-3-2-4-8-14;1-10-5-2-3-6(8)7(9)4-5/h11H,2-10H2,1H3;2-4H,1H3. The number of hydrogen-bond donors (Lipinski definition) is 0. The number of rotatable bonds is 5. The summed E-state index contributed by atoms with van der Waals surface area (Å²) in [6.45, 7) is 2.82. The molecule has 0 aromatic heterocycles. The SMILES string of the molecule is COC(CN1CCCC1=O)C(=O)N1CCCCC1.COc1ccc(Cl)c(Cl)c1. The zero-order valence-corrected chi connectivity index (χ0v) is 18.0. The molecule has 1 aromatic carbocycles. The summed E-state index contributed by atoms with van der Waals surface area (Å²) in [6, 6.07) is 5.13. The van der Waals surface area contributed by atoms with E-state index in [2.05, 4.69) is 0 Å². The molecule has 0 saturated carbocycles. The quantitative estimate of drug-likeness (QED) is 0.715. The molecule has 6 nitrogen and oxygen atoms in total. The van der Waals surface area contributed by atoms with Gasteiger partial charge in [-0.1, -0.05) is 23.2 Å². The molecule has 2 saturated heterocycles. The predicted octanol–water partition coefficient (Wildman–Crippen LogP) is 3.64. The molecule has 3 rings (SSSR count). The van der Waals surface area contributed by atoms with E-state index in [9.17, 15) is 9.59 Å². The van der Waals surface area contributed by atoms with E-state index in [-0.39, 0.29) is 11.8 Å². The first-order valence-corrected chi connectivity index (χ1v) is 10.3. The third kappa shape index (κ3) is 6.54. The third-order valence-corrected chi connectivity index (χ3v) is 5.65. The number of hydrogen-bond acceptors (Lipinski definition) is 4. The fourth-order valence-corrected chi connectivity index (χ4v) is 3.56. The third-order valence-electron chi connectivity index (χ3n) is 4.91. The molecule has 2 amide bonds. The molecule has 0 spiro atoms. The summed E-state index contributed by atoms with van der Waals surface area (Å²) in [7, 11) is 3.13. The molecule has 0 N–H and O–H groups in total. The molecule has 2 fully saturated rings. The zero-order valence-electron chi connectivity index (χ0n) is 16.5. The zero-order chi connectivity index (χ0) is 20.5. The van der Waals surface area contributed by atoms with Crippen LogP contribution in [0.4, 0.5) is 0 Å². The van der Waals surface area contributed by atoms with E-state index in [1.807, 2.05) is 4.90 Å². The number of likely N-dealkylation sites (tertiary alicyclic amines) is 2. The Bertz CT molecular complexity index is 666. The maximum absolute atomic E-state index is 12.3. The van der Waals surface area contributed by atoms with Crippen molar-refractivity contribution in [2.45, 2.75) is 38.2 Å². The fourth-order valence-electron chi connectivity index (χ4n) is 3.27. The smallest absolute Gasteiger partial charge is 0.253 e. The highest BCUT2D eigenvalue weighted by Gasteiger charge is 2.30. The number of piperidine rings is 1. The monoisotopic (exact) mass is 430 g/mol. The molecule has 0 bridgehead atoms. The Morgan fingerprint density at radius 1 is 1.07 bits per heavy atom. The Morgan fingerprint density at radius 2 is 1.79 bits per heavy atom. The van der Waals surface area contributed by atoms with Crippen LogP contribution in [0.25, 0.3) is 0 Å². The molecule has 28 heavy (non-hydrogen) atoms. The predicted molar refractivity (Wildman–Crippen MR) is 110 cm³/mol. The van der Waals surface area contributed by atoms with Crippen molar-refractivity contribution in [3.63, 3.8) is 0 Å². The van der Waals surface area contributed by atoms with E-state index < -0.39 is 6.10 Å². The van der Waals surface area contributed by atoms with Crippen LogP contribution in [-0.4, -0.2) is 68.1 Å². The van der Waals surface area contributed by atoms with Gasteiger partial charge in [-0.15, -0.1) is 0 Å². The Labute approximate surface area is 176 Å². The molecule has 1 atom stereocenters. The van der Waals surface area contributed by atoms with Gasteiger partial charge in [0.2, 0.25) is 5.91 Å². The van der Waals surface area contributed by atoms with Crippen LogP contribution in [0.3, 0.4) is 0 Å². The van der Waals surface area contributed by atoms with Gasteiger partial charge in [-0.3, -0.25) is 9.59 Å². The van der Waals surface area contributed by atoms with Crippen molar-refractivity contribution in [3.05, 3.63) is 28.2 Å². The van der Waals surface area contributed by atoms with E-state index in [4.69, 9.17) is 32.7 Å². The van der Waals surface area contributed by atoms with E-state index >= 15 is 0 Å². The summed E-state index contributed by atoms with van der Waals surface area (Å²) < 4.78 is 10.2. The molecule has 1 unspecified atom stereocenters. The average Bonchev–Trinajstić information content (AvgIpc) is 3.13. The number of carbonyl (C=O) groups is 2. The van der Waals surface area contributed by atoms with Crippen molar-refractivity contribution in [2.24, 2.45) is 0 Å². The highest BCUT2D eigenvalue weighted by atomic mass is 35.5. The van der Waals surface area contributed by atoms with Gasteiger partial charge in [-0.2, -0.15) is 0 Å². The second-order valence-corrected chi connectivity index (χ2v) is 7.65. The molecule has 2 aliphatic heterocycles. The summed E-state index contributed by atoms with van der Waals surface area (Å²) in [6.07, 6.45) is 4.36. The van der Waals surface area contributed by atoms with E-state index in [1.54, 1.807) is 37.3 Å². The molecule has 156 valence electrons. The average molecular weight is 431 g/mol. The Hall–Kier alpha value is -1.50. The molecule has 2 heterocycles. The summed E-state index contributed by atoms with van der Waals surface area (Å²) in [4.78, 5) is 27.5. The summed E-state index contributed by atoms with van der Waals surface area (Å²) in [5.41, 5.74) is 0. The molecular weight excluding hydrogens is 403 g/mol. The van der Waals surface area contributed by atoms with E-state index in [1.165, 1.54) is 6.42 Å². The van der Waals surface area contributed by atoms with Crippen LogP contribution in [0.2, 0.25) is 10.0 Å². The lowest BCUT2D eigenvalue weighted by Gasteiger charge is -2.31. The molecule has 2 aliphatic rings. The van der Waals surface area contributed by atoms with E-state index in [0.29, 0.717) is 23.0 Å². The molecule has 1 aromatic rings. The highest BCUT2D eigenvalue weighted by Crippen LogP contribution is 2.25. The van der Waals surface area contributed by atoms with Crippen molar-refractivity contribution in [1.29, 1.82) is 0 Å². The number of nitrogens with zero attached hydrogens (tertiary/aromatic N) is 2. The van der Waals surface area contributed by atoms with Crippen LogP contribution in [0.15, 0.2) is 18.2 Å². The fraction of sp³-hybridized carbons (Fsp3) is 0.600. The molecular formula is C20H28Cl2N2O4. The highest BCUT2D eigenvalue weighted by molar-refractivity contribution is 6.42. The van der Waals surface area contributed by atoms with Gasteiger partial charge in [0.15, 0.2) is 6.10 Å². The van der Waals surface area contributed by atoms with Gasteiger partial charge in [0, 0.05) is 39.2 Å². The van der Waals surface area contributed by atoms with Crippen molar-refractivity contribution < 1.29 is 19.1 Å².